The first-order chi connectivity index (χ1) is 13.7. The molecule has 1 aromatic carbocycles. The summed E-state index contributed by atoms with van der Waals surface area (Å²) in [6.45, 7) is 6.84. The maximum atomic E-state index is 11.7. The van der Waals surface area contributed by atoms with Crippen LogP contribution < -0.4 is 4.90 Å². The average molecular weight is 380 g/mol. The number of hydrogen-bond donors (Lipinski definition) is 0. The van der Waals surface area contributed by atoms with Gasteiger partial charge in [-0.05, 0) is 19.8 Å². The average Bonchev–Trinajstić information content (AvgIpc) is 3.27. The fraction of sp³-hybridized carbons (Fsp3) is 0.500. The standard InChI is InChI=1S/C22H28N4O2/c1-2-28-20(27)11-15-25-14-10-19-18(16-25)22(26-12-6-7-13-26)24-21(23-19)17-8-4-3-5-9-17/h3-5,8-9H,2,6-7,10-16H2,1H3. The maximum absolute atomic E-state index is 11.7. The van der Waals surface area contributed by atoms with Crippen molar-refractivity contribution in [1.82, 2.24) is 14.9 Å². The number of esters is 1. The van der Waals surface area contributed by atoms with E-state index in [1.54, 1.807) is 0 Å². The van der Waals surface area contributed by atoms with Crippen LogP contribution in [0.4, 0.5) is 5.82 Å². The molecule has 4 rings (SSSR count). The lowest BCUT2D eigenvalue weighted by atomic mass is 10.0. The second-order valence-electron chi connectivity index (χ2n) is 7.44. The molecule has 0 unspecified atom stereocenters. The number of benzene rings is 1. The van der Waals surface area contributed by atoms with Gasteiger partial charge in [0.2, 0.25) is 0 Å². The zero-order chi connectivity index (χ0) is 19.3. The van der Waals surface area contributed by atoms with Crippen LogP contribution in [0.3, 0.4) is 0 Å². The van der Waals surface area contributed by atoms with Gasteiger partial charge in [-0.3, -0.25) is 9.69 Å². The molecule has 0 aliphatic carbocycles. The maximum Gasteiger partial charge on any atom is 0.307 e. The summed E-state index contributed by atoms with van der Waals surface area (Å²) < 4.78 is 5.07. The van der Waals surface area contributed by atoms with E-state index in [1.165, 1.54) is 18.4 Å². The first kappa shape index (κ1) is 18.9. The Bertz CT molecular complexity index is 819. The lowest BCUT2D eigenvalue weighted by Crippen LogP contribution is -2.35. The van der Waals surface area contributed by atoms with Crippen molar-refractivity contribution in [3.8, 4) is 11.4 Å². The number of ether oxygens (including phenoxy) is 1. The van der Waals surface area contributed by atoms with Gasteiger partial charge in [-0.25, -0.2) is 9.97 Å². The minimum absolute atomic E-state index is 0.122. The molecular weight excluding hydrogens is 352 g/mol. The molecule has 2 aromatic rings. The summed E-state index contributed by atoms with van der Waals surface area (Å²) >= 11 is 0. The van der Waals surface area contributed by atoms with Crippen molar-refractivity contribution in [2.45, 2.75) is 39.2 Å². The summed E-state index contributed by atoms with van der Waals surface area (Å²) in [6, 6.07) is 10.2. The number of fused-ring (bicyclic) bond motifs is 1. The molecule has 28 heavy (non-hydrogen) atoms. The fourth-order valence-corrected chi connectivity index (χ4v) is 4.03. The summed E-state index contributed by atoms with van der Waals surface area (Å²) in [5, 5.41) is 0. The van der Waals surface area contributed by atoms with E-state index in [4.69, 9.17) is 14.7 Å². The summed E-state index contributed by atoms with van der Waals surface area (Å²) in [5.41, 5.74) is 3.45. The van der Waals surface area contributed by atoms with Crippen molar-refractivity contribution >= 4 is 11.8 Å². The molecule has 0 radical (unpaired) electrons. The van der Waals surface area contributed by atoms with Crippen molar-refractivity contribution in [2.75, 3.05) is 37.7 Å². The van der Waals surface area contributed by atoms with Gasteiger partial charge in [0.05, 0.1) is 18.7 Å². The Labute approximate surface area is 166 Å². The first-order valence-corrected chi connectivity index (χ1v) is 10.3. The molecular formula is C22H28N4O2. The largest absolute Gasteiger partial charge is 0.466 e. The summed E-state index contributed by atoms with van der Waals surface area (Å²) in [6.07, 6.45) is 3.75. The molecule has 148 valence electrons. The summed E-state index contributed by atoms with van der Waals surface area (Å²) in [7, 11) is 0. The quantitative estimate of drug-likeness (QED) is 0.718. The van der Waals surface area contributed by atoms with Crippen LogP contribution in [0.15, 0.2) is 30.3 Å². The van der Waals surface area contributed by atoms with Gasteiger partial charge in [-0.1, -0.05) is 30.3 Å². The third kappa shape index (κ3) is 4.17. The smallest absolute Gasteiger partial charge is 0.307 e. The van der Waals surface area contributed by atoms with Gasteiger partial charge in [0.15, 0.2) is 5.82 Å². The van der Waals surface area contributed by atoms with Crippen LogP contribution in [0.5, 0.6) is 0 Å². The fourth-order valence-electron chi connectivity index (χ4n) is 4.03. The lowest BCUT2D eigenvalue weighted by molar-refractivity contribution is -0.143. The highest BCUT2D eigenvalue weighted by Gasteiger charge is 2.27. The van der Waals surface area contributed by atoms with E-state index in [-0.39, 0.29) is 5.97 Å². The minimum atomic E-state index is -0.122. The zero-order valence-electron chi connectivity index (χ0n) is 16.6. The Kier molecular flexibility index (Phi) is 5.86. The number of aromatic nitrogens is 2. The lowest BCUT2D eigenvalue weighted by Gasteiger charge is -2.31. The second kappa shape index (κ2) is 8.69. The van der Waals surface area contributed by atoms with Crippen molar-refractivity contribution < 1.29 is 9.53 Å². The molecule has 0 saturated carbocycles. The Morgan fingerprint density at radius 2 is 1.89 bits per heavy atom. The van der Waals surface area contributed by atoms with Crippen LogP contribution in [-0.2, 0) is 22.5 Å². The van der Waals surface area contributed by atoms with Crippen molar-refractivity contribution in [2.24, 2.45) is 0 Å². The number of rotatable bonds is 6. The molecule has 6 nitrogen and oxygen atoms in total. The van der Waals surface area contributed by atoms with E-state index >= 15 is 0 Å². The van der Waals surface area contributed by atoms with Gasteiger partial charge >= 0.3 is 5.97 Å². The third-order valence-electron chi connectivity index (χ3n) is 5.49. The number of anilines is 1. The Morgan fingerprint density at radius 3 is 2.64 bits per heavy atom. The second-order valence-corrected chi connectivity index (χ2v) is 7.44. The Balaban J connectivity index is 1.60. The number of nitrogens with zero attached hydrogens (tertiary/aromatic N) is 4. The predicted octanol–water partition coefficient (Wildman–Crippen LogP) is 3.06. The summed E-state index contributed by atoms with van der Waals surface area (Å²) in [4.78, 5) is 26.4. The Morgan fingerprint density at radius 1 is 1.11 bits per heavy atom. The molecule has 1 saturated heterocycles. The number of carbonyl (C=O) groups excluding carboxylic acids is 1. The Hall–Kier alpha value is -2.47. The van der Waals surface area contributed by atoms with Crippen molar-refractivity contribution in [3.63, 3.8) is 0 Å². The molecule has 1 fully saturated rings. The number of carbonyl (C=O) groups is 1. The molecule has 6 heteroatoms. The van der Waals surface area contributed by atoms with Crippen LogP contribution in [-0.4, -0.2) is 53.6 Å². The number of hydrogen-bond acceptors (Lipinski definition) is 6. The van der Waals surface area contributed by atoms with E-state index in [0.29, 0.717) is 13.0 Å². The van der Waals surface area contributed by atoms with Gasteiger partial charge in [0.1, 0.15) is 5.82 Å². The van der Waals surface area contributed by atoms with Crippen LogP contribution in [0.25, 0.3) is 11.4 Å². The van der Waals surface area contributed by atoms with E-state index in [2.05, 4.69) is 21.9 Å². The molecule has 1 aromatic heterocycles. The molecule has 0 N–H and O–H groups in total. The first-order valence-electron chi connectivity index (χ1n) is 10.3. The minimum Gasteiger partial charge on any atom is -0.466 e. The van der Waals surface area contributed by atoms with Crippen molar-refractivity contribution in [3.05, 3.63) is 41.6 Å². The molecule has 0 atom stereocenters. The van der Waals surface area contributed by atoms with Gasteiger partial charge in [0.25, 0.3) is 0 Å². The highest BCUT2D eigenvalue weighted by Crippen LogP contribution is 2.31. The van der Waals surface area contributed by atoms with Gasteiger partial charge in [0, 0.05) is 50.3 Å². The van der Waals surface area contributed by atoms with Crippen LogP contribution in [0.2, 0.25) is 0 Å². The molecule has 3 heterocycles. The van der Waals surface area contributed by atoms with Gasteiger partial charge in [-0.2, -0.15) is 0 Å². The molecule has 0 spiro atoms. The monoisotopic (exact) mass is 380 g/mol. The third-order valence-corrected chi connectivity index (χ3v) is 5.49. The molecule has 2 aliphatic heterocycles. The van der Waals surface area contributed by atoms with E-state index < -0.39 is 0 Å². The summed E-state index contributed by atoms with van der Waals surface area (Å²) in [5.74, 6) is 1.78. The van der Waals surface area contributed by atoms with Crippen LogP contribution in [0, 0.1) is 0 Å². The zero-order valence-corrected chi connectivity index (χ0v) is 16.6. The van der Waals surface area contributed by atoms with E-state index in [9.17, 15) is 4.79 Å². The molecule has 0 amide bonds. The highest BCUT2D eigenvalue weighted by atomic mass is 16.5. The van der Waals surface area contributed by atoms with E-state index in [0.717, 1.165) is 62.0 Å². The molecule has 0 bridgehead atoms. The predicted molar refractivity (Wildman–Crippen MR) is 109 cm³/mol. The molecule has 2 aliphatic rings. The van der Waals surface area contributed by atoms with Crippen LogP contribution >= 0.6 is 0 Å². The van der Waals surface area contributed by atoms with Crippen LogP contribution in [0.1, 0.15) is 37.4 Å². The van der Waals surface area contributed by atoms with Gasteiger partial charge < -0.3 is 9.64 Å². The SMILES string of the molecule is CCOC(=O)CCN1CCc2nc(-c3ccccc3)nc(N3CCCC3)c2C1. The topological polar surface area (TPSA) is 58.6 Å². The van der Waals surface area contributed by atoms with Crippen molar-refractivity contribution in [1.29, 1.82) is 0 Å². The van der Waals surface area contributed by atoms with Gasteiger partial charge in [-0.15, -0.1) is 0 Å². The highest BCUT2D eigenvalue weighted by molar-refractivity contribution is 5.69. The van der Waals surface area contributed by atoms with E-state index in [1.807, 2.05) is 25.1 Å². The normalized spacial score (nSPS) is 16.8.